The van der Waals surface area contributed by atoms with Crippen molar-refractivity contribution in [2.75, 3.05) is 13.1 Å². The first kappa shape index (κ1) is 15.6. The monoisotopic (exact) mass is 278 g/mol. The first-order valence-electron chi connectivity index (χ1n) is 6.31. The summed E-state index contributed by atoms with van der Waals surface area (Å²) >= 11 is 6.07. The molecule has 0 aliphatic rings. The molecule has 3 nitrogen and oxygen atoms in total. The second kappa shape index (κ2) is 7.83. The lowest BCUT2D eigenvalue weighted by Crippen LogP contribution is -2.25. The Hall–Kier alpha value is -1.50. The molecule has 0 atom stereocenters. The fourth-order valence-corrected chi connectivity index (χ4v) is 1.71. The number of hydrogen-bond acceptors (Lipinski definition) is 2. The van der Waals surface area contributed by atoms with Crippen molar-refractivity contribution in [1.82, 2.24) is 5.32 Å². The summed E-state index contributed by atoms with van der Waals surface area (Å²) in [5.74, 6) is 6.05. The van der Waals surface area contributed by atoms with Crippen LogP contribution >= 0.6 is 11.6 Å². The van der Waals surface area contributed by atoms with E-state index in [1.54, 1.807) is 18.2 Å². The summed E-state index contributed by atoms with van der Waals surface area (Å²) in [6, 6.07) is 5.09. The van der Waals surface area contributed by atoms with Crippen LogP contribution in [0.15, 0.2) is 18.2 Å². The molecule has 3 N–H and O–H groups in total. The van der Waals surface area contributed by atoms with Crippen molar-refractivity contribution in [2.45, 2.75) is 20.3 Å². The largest absolute Gasteiger partial charge is 0.352 e. The first-order valence-corrected chi connectivity index (χ1v) is 6.69. The second-order valence-corrected chi connectivity index (χ2v) is 5.05. The van der Waals surface area contributed by atoms with Gasteiger partial charge >= 0.3 is 0 Å². The molecule has 0 aromatic heterocycles. The van der Waals surface area contributed by atoms with Gasteiger partial charge in [0.2, 0.25) is 0 Å². The van der Waals surface area contributed by atoms with Gasteiger partial charge < -0.3 is 11.1 Å². The first-order chi connectivity index (χ1) is 9.04. The van der Waals surface area contributed by atoms with Crippen LogP contribution in [0.1, 0.15) is 36.2 Å². The smallest absolute Gasteiger partial charge is 0.251 e. The predicted octanol–water partition coefficient (Wildman–Crippen LogP) is 2.43. The minimum atomic E-state index is -0.110. The number of carbonyl (C=O) groups is 1. The maximum atomic E-state index is 11.9. The number of halogens is 1. The van der Waals surface area contributed by atoms with Crippen LogP contribution in [0.4, 0.5) is 0 Å². The van der Waals surface area contributed by atoms with Gasteiger partial charge in [0.25, 0.3) is 5.91 Å². The molecule has 0 heterocycles. The molecule has 0 saturated carbocycles. The van der Waals surface area contributed by atoms with Crippen LogP contribution in [0.3, 0.4) is 0 Å². The number of amides is 1. The van der Waals surface area contributed by atoms with E-state index in [1.165, 1.54) is 0 Å². The fraction of sp³-hybridized carbons (Fsp3) is 0.400. The Labute approximate surface area is 119 Å². The summed E-state index contributed by atoms with van der Waals surface area (Å²) < 4.78 is 0. The Morgan fingerprint density at radius 2 is 2.21 bits per heavy atom. The van der Waals surface area contributed by atoms with E-state index in [0.717, 1.165) is 6.42 Å². The summed E-state index contributed by atoms with van der Waals surface area (Å²) in [5.41, 5.74) is 6.54. The predicted molar refractivity (Wildman–Crippen MR) is 79.2 cm³/mol. The minimum Gasteiger partial charge on any atom is -0.352 e. The van der Waals surface area contributed by atoms with Gasteiger partial charge in [0.15, 0.2) is 0 Å². The van der Waals surface area contributed by atoms with E-state index >= 15 is 0 Å². The fourth-order valence-electron chi connectivity index (χ4n) is 1.48. The molecule has 0 radical (unpaired) electrons. The van der Waals surface area contributed by atoms with Crippen LogP contribution in [0, 0.1) is 17.8 Å². The van der Waals surface area contributed by atoms with Crippen LogP contribution in [-0.2, 0) is 0 Å². The zero-order valence-electron chi connectivity index (χ0n) is 11.3. The molecular formula is C15H19ClN2O. The van der Waals surface area contributed by atoms with Gasteiger partial charge in [0.05, 0.1) is 11.6 Å². The number of rotatable bonds is 4. The van der Waals surface area contributed by atoms with Crippen molar-refractivity contribution in [1.29, 1.82) is 0 Å². The van der Waals surface area contributed by atoms with Crippen LogP contribution < -0.4 is 11.1 Å². The maximum absolute atomic E-state index is 11.9. The second-order valence-electron chi connectivity index (χ2n) is 4.64. The third kappa shape index (κ3) is 5.34. The normalized spacial score (nSPS) is 9.95. The molecule has 0 fully saturated rings. The number of benzene rings is 1. The van der Waals surface area contributed by atoms with Gasteiger partial charge in [-0.1, -0.05) is 37.3 Å². The average molecular weight is 279 g/mol. The van der Waals surface area contributed by atoms with Crippen molar-refractivity contribution >= 4 is 17.5 Å². The highest BCUT2D eigenvalue weighted by molar-refractivity contribution is 6.32. The number of carbonyl (C=O) groups excluding carboxylic acids is 1. The van der Waals surface area contributed by atoms with E-state index in [1.807, 2.05) is 0 Å². The van der Waals surface area contributed by atoms with E-state index < -0.39 is 0 Å². The van der Waals surface area contributed by atoms with Gasteiger partial charge in [0, 0.05) is 17.7 Å². The Bertz CT molecular complexity index is 501. The van der Waals surface area contributed by atoms with Crippen LogP contribution in [0.5, 0.6) is 0 Å². The Kier molecular flexibility index (Phi) is 6.41. The number of hydrogen-bond donors (Lipinski definition) is 2. The third-order valence-corrected chi connectivity index (χ3v) is 2.88. The number of nitrogens with one attached hydrogen (secondary N) is 1. The van der Waals surface area contributed by atoms with Gasteiger partial charge in [-0.15, -0.1) is 0 Å². The standard InChI is InChI=1S/C15H19ClN2O/c1-11(2)7-9-18-15(19)13-6-5-12(4-3-8-17)14(16)10-13/h5-6,10-11H,7-9,17H2,1-2H3,(H,18,19). The molecule has 0 unspecified atom stereocenters. The Morgan fingerprint density at radius 1 is 1.47 bits per heavy atom. The van der Waals surface area contributed by atoms with E-state index in [4.69, 9.17) is 17.3 Å². The van der Waals surface area contributed by atoms with Gasteiger partial charge in [0.1, 0.15) is 0 Å². The van der Waals surface area contributed by atoms with Crippen LogP contribution in [-0.4, -0.2) is 19.0 Å². The third-order valence-electron chi connectivity index (χ3n) is 2.56. The topological polar surface area (TPSA) is 55.1 Å². The summed E-state index contributed by atoms with van der Waals surface area (Å²) in [5, 5.41) is 3.34. The quantitative estimate of drug-likeness (QED) is 0.831. The SMILES string of the molecule is CC(C)CCNC(=O)c1ccc(C#CCN)c(Cl)c1. The molecule has 1 aromatic carbocycles. The van der Waals surface area contributed by atoms with E-state index in [2.05, 4.69) is 31.0 Å². The maximum Gasteiger partial charge on any atom is 0.251 e. The molecule has 0 bridgehead atoms. The average Bonchev–Trinajstić information content (AvgIpc) is 2.36. The van der Waals surface area contributed by atoms with E-state index in [-0.39, 0.29) is 12.5 Å². The van der Waals surface area contributed by atoms with Crippen molar-refractivity contribution in [3.8, 4) is 11.8 Å². The zero-order chi connectivity index (χ0) is 14.3. The van der Waals surface area contributed by atoms with Gasteiger partial charge in [-0.2, -0.15) is 0 Å². The molecule has 0 saturated heterocycles. The molecule has 19 heavy (non-hydrogen) atoms. The summed E-state index contributed by atoms with van der Waals surface area (Å²) in [6.07, 6.45) is 0.958. The number of nitrogens with two attached hydrogens (primary N) is 1. The summed E-state index contributed by atoms with van der Waals surface area (Å²) in [6.45, 7) is 5.19. The lowest BCUT2D eigenvalue weighted by atomic mass is 10.1. The van der Waals surface area contributed by atoms with Crippen molar-refractivity contribution in [3.63, 3.8) is 0 Å². The molecule has 1 rings (SSSR count). The van der Waals surface area contributed by atoms with Crippen molar-refractivity contribution in [3.05, 3.63) is 34.3 Å². The highest BCUT2D eigenvalue weighted by Gasteiger charge is 2.07. The van der Waals surface area contributed by atoms with E-state index in [0.29, 0.717) is 28.6 Å². The van der Waals surface area contributed by atoms with E-state index in [9.17, 15) is 4.79 Å². The van der Waals surface area contributed by atoms with Gasteiger partial charge in [-0.25, -0.2) is 0 Å². The van der Waals surface area contributed by atoms with Gasteiger partial charge in [-0.05, 0) is 30.5 Å². The van der Waals surface area contributed by atoms with Crippen molar-refractivity contribution in [2.24, 2.45) is 11.7 Å². The summed E-state index contributed by atoms with van der Waals surface area (Å²) in [4.78, 5) is 11.9. The van der Waals surface area contributed by atoms with Crippen LogP contribution in [0.25, 0.3) is 0 Å². The summed E-state index contributed by atoms with van der Waals surface area (Å²) in [7, 11) is 0. The highest BCUT2D eigenvalue weighted by Crippen LogP contribution is 2.17. The minimum absolute atomic E-state index is 0.110. The molecule has 0 aliphatic heterocycles. The molecule has 1 amide bonds. The molecule has 0 spiro atoms. The molecule has 0 aliphatic carbocycles. The van der Waals surface area contributed by atoms with Crippen molar-refractivity contribution < 1.29 is 4.79 Å². The zero-order valence-corrected chi connectivity index (χ0v) is 12.1. The van der Waals surface area contributed by atoms with Gasteiger partial charge in [-0.3, -0.25) is 4.79 Å². The Morgan fingerprint density at radius 3 is 2.79 bits per heavy atom. The lowest BCUT2D eigenvalue weighted by molar-refractivity contribution is 0.0952. The van der Waals surface area contributed by atoms with Crippen LogP contribution in [0.2, 0.25) is 5.02 Å². The molecule has 102 valence electrons. The molecule has 1 aromatic rings. The molecular weight excluding hydrogens is 260 g/mol. The highest BCUT2D eigenvalue weighted by atomic mass is 35.5. The Balaban J connectivity index is 2.69. The lowest BCUT2D eigenvalue weighted by Gasteiger charge is -2.07. The molecule has 4 heteroatoms.